The van der Waals surface area contributed by atoms with E-state index in [1.165, 1.54) is 11.8 Å². The van der Waals surface area contributed by atoms with Crippen LogP contribution in [0.3, 0.4) is 0 Å². The van der Waals surface area contributed by atoms with E-state index in [0.29, 0.717) is 22.5 Å². The van der Waals surface area contributed by atoms with E-state index in [2.05, 4.69) is 48.4 Å². The molecule has 0 spiro atoms. The van der Waals surface area contributed by atoms with E-state index in [1.54, 1.807) is 24.4 Å². The Labute approximate surface area is 201 Å². The van der Waals surface area contributed by atoms with Gasteiger partial charge in [-0.25, -0.2) is 9.78 Å². The first kappa shape index (κ1) is 23.4. The van der Waals surface area contributed by atoms with Crippen molar-refractivity contribution < 1.29 is 14.3 Å². The van der Waals surface area contributed by atoms with Gasteiger partial charge in [0.25, 0.3) is 5.56 Å². The van der Waals surface area contributed by atoms with Crippen LogP contribution in [-0.2, 0) is 14.9 Å². The molecule has 3 aromatic rings. The Morgan fingerprint density at radius 1 is 1.26 bits per heavy atom. The van der Waals surface area contributed by atoms with Crippen LogP contribution in [0.4, 0.5) is 0 Å². The normalized spacial score (nSPS) is 11.8. The van der Waals surface area contributed by atoms with Crippen molar-refractivity contribution in [2.24, 2.45) is 5.10 Å². The van der Waals surface area contributed by atoms with Gasteiger partial charge in [0.1, 0.15) is 11.6 Å². The van der Waals surface area contributed by atoms with Gasteiger partial charge in [0.15, 0.2) is 6.61 Å². The van der Waals surface area contributed by atoms with Gasteiger partial charge < -0.3 is 9.47 Å². The first-order chi connectivity index (χ1) is 14.6. The van der Waals surface area contributed by atoms with Gasteiger partial charge in [0, 0.05) is 9.89 Å². The number of ether oxygens (including phenoxy) is 2. The summed E-state index contributed by atoms with van der Waals surface area (Å²) < 4.78 is 13.0. The number of hydrogen-bond acceptors (Lipinski definition) is 6. The second kappa shape index (κ2) is 9.47. The first-order valence-corrected chi connectivity index (χ1v) is 11.2. The highest BCUT2D eigenvalue weighted by Crippen LogP contribution is 2.24. The monoisotopic (exact) mass is 597 g/mol. The summed E-state index contributed by atoms with van der Waals surface area (Å²) in [6.07, 6.45) is 1.61. The van der Waals surface area contributed by atoms with Crippen LogP contribution in [0.2, 0.25) is 0 Å². The van der Waals surface area contributed by atoms with E-state index >= 15 is 0 Å². The minimum absolute atomic E-state index is 0.164. The predicted molar refractivity (Wildman–Crippen MR) is 132 cm³/mol. The number of aromatic nitrogens is 2. The highest BCUT2D eigenvalue weighted by molar-refractivity contribution is 14.1. The average Bonchev–Trinajstić information content (AvgIpc) is 2.71. The zero-order valence-electron chi connectivity index (χ0n) is 17.5. The van der Waals surface area contributed by atoms with Crippen LogP contribution in [0.1, 0.15) is 32.2 Å². The second-order valence-corrected chi connectivity index (χ2v) is 9.84. The molecule has 1 aromatic heterocycles. The Morgan fingerprint density at radius 3 is 2.65 bits per heavy atom. The molecular formula is C22H21BrIN3O4. The van der Waals surface area contributed by atoms with Gasteiger partial charge in [-0.05, 0) is 64.6 Å². The molecule has 0 amide bonds. The molecule has 0 aliphatic rings. The number of halogens is 2. The summed E-state index contributed by atoms with van der Waals surface area (Å²) in [7, 11) is 1.31. The molecule has 9 heteroatoms. The standard InChI is InChI=1S/C22H21BrIN3O4/c1-22(2,3)21-26-17-7-6-14(23)10-15(17)20(29)27(21)25-11-13-5-8-18(16(24)9-13)31-12-19(28)30-4/h5-11H,12H2,1-4H3. The lowest BCUT2D eigenvalue weighted by atomic mass is 9.95. The van der Waals surface area contributed by atoms with E-state index in [-0.39, 0.29) is 12.2 Å². The number of fused-ring (bicyclic) bond motifs is 1. The second-order valence-electron chi connectivity index (χ2n) is 7.76. The van der Waals surface area contributed by atoms with Crippen LogP contribution >= 0.6 is 38.5 Å². The van der Waals surface area contributed by atoms with Crippen molar-refractivity contribution in [1.82, 2.24) is 9.66 Å². The van der Waals surface area contributed by atoms with Crippen LogP contribution in [0.5, 0.6) is 5.75 Å². The molecule has 31 heavy (non-hydrogen) atoms. The minimum atomic E-state index is -0.453. The molecule has 0 unspecified atom stereocenters. The number of benzene rings is 2. The third-order valence-electron chi connectivity index (χ3n) is 4.33. The van der Waals surface area contributed by atoms with Crippen molar-refractivity contribution in [3.8, 4) is 5.75 Å². The molecule has 1 heterocycles. The predicted octanol–water partition coefficient (Wildman–Crippen LogP) is 4.50. The summed E-state index contributed by atoms with van der Waals surface area (Å²) >= 11 is 5.53. The van der Waals surface area contributed by atoms with Gasteiger partial charge >= 0.3 is 5.97 Å². The Bertz CT molecular complexity index is 1230. The number of methoxy groups -OCH3 is 1. The molecule has 0 aliphatic carbocycles. The van der Waals surface area contributed by atoms with Gasteiger partial charge in [0.2, 0.25) is 0 Å². The van der Waals surface area contributed by atoms with E-state index in [0.717, 1.165) is 13.6 Å². The van der Waals surface area contributed by atoms with E-state index in [9.17, 15) is 9.59 Å². The molecule has 7 nitrogen and oxygen atoms in total. The topological polar surface area (TPSA) is 82.8 Å². The van der Waals surface area contributed by atoms with Crippen LogP contribution in [0, 0.1) is 3.57 Å². The Morgan fingerprint density at radius 2 is 2.00 bits per heavy atom. The number of esters is 1. The highest BCUT2D eigenvalue weighted by Gasteiger charge is 2.22. The number of rotatable bonds is 5. The lowest BCUT2D eigenvalue weighted by Crippen LogP contribution is -2.29. The molecule has 0 aliphatic heterocycles. The van der Waals surface area contributed by atoms with Crippen LogP contribution < -0.4 is 10.3 Å². The fourth-order valence-corrected chi connectivity index (χ4v) is 3.83. The van der Waals surface area contributed by atoms with Gasteiger partial charge in [-0.1, -0.05) is 36.7 Å². The summed E-state index contributed by atoms with van der Waals surface area (Å²) in [6, 6.07) is 10.8. The van der Waals surface area contributed by atoms with E-state index in [4.69, 9.17) is 9.72 Å². The smallest absolute Gasteiger partial charge is 0.343 e. The van der Waals surface area contributed by atoms with Crippen molar-refractivity contribution in [1.29, 1.82) is 0 Å². The maximum absolute atomic E-state index is 13.2. The Kier molecular flexibility index (Phi) is 7.15. The molecule has 0 radical (unpaired) electrons. The third kappa shape index (κ3) is 5.51. The molecule has 0 bridgehead atoms. The van der Waals surface area contributed by atoms with Gasteiger partial charge in [-0.3, -0.25) is 4.79 Å². The number of hydrogen-bond donors (Lipinski definition) is 0. The van der Waals surface area contributed by atoms with Crippen LogP contribution in [0.15, 0.2) is 50.8 Å². The third-order valence-corrected chi connectivity index (χ3v) is 5.67. The average molecular weight is 598 g/mol. The maximum Gasteiger partial charge on any atom is 0.343 e. The van der Waals surface area contributed by atoms with Crippen molar-refractivity contribution in [2.45, 2.75) is 26.2 Å². The molecule has 162 valence electrons. The summed E-state index contributed by atoms with van der Waals surface area (Å²) in [4.78, 5) is 29.2. The fourth-order valence-electron chi connectivity index (χ4n) is 2.78. The minimum Gasteiger partial charge on any atom is -0.481 e. The molecule has 2 aromatic carbocycles. The Hall–Kier alpha value is -2.27. The summed E-state index contributed by atoms with van der Waals surface area (Å²) in [6.45, 7) is 5.80. The Balaban J connectivity index is 2.00. The van der Waals surface area contributed by atoms with Crippen molar-refractivity contribution in [3.63, 3.8) is 0 Å². The molecule has 0 saturated heterocycles. The fraction of sp³-hybridized carbons (Fsp3) is 0.273. The SMILES string of the molecule is COC(=O)COc1ccc(C=Nn2c(C(C)(C)C)nc3ccc(Br)cc3c2=O)cc1I. The summed E-state index contributed by atoms with van der Waals surface area (Å²) in [5.41, 5.74) is 0.778. The molecule has 0 fully saturated rings. The number of carbonyl (C=O) groups is 1. The zero-order valence-corrected chi connectivity index (χ0v) is 21.2. The van der Waals surface area contributed by atoms with Crippen molar-refractivity contribution in [3.05, 3.63) is 66.2 Å². The molecule has 0 saturated carbocycles. The van der Waals surface area contributed by atoms with Crippen molar-refractivity contribution in [2.75, 3.05) is 13.7 Å². The molecule has 0 N–H and O–H groups in total. The molecule has 0 atom stereocenters. The molecule has 3 rings (SSSR count). The lowest BCUT2D eigenvalue weighted by Gasteiger charge is -2.20. The van der Waals surface area contributed by atoms with Crippen LogP contribution in [-0.4, -0.2) is 35.6 Å². The van der Waals surface area contributed by atoms with Gasteiger partial charge in [-0.2, -0.15) is 9.78 Å². The molecular weight excluding hydrogens is 577 g/mol. The quantitative estimate of drug-likeness (QED) is 0.246. The zero-order chi connectivity index (χ0) is 22.8. The van der Waals surface area contributed by atoms with Gasteiger partial charge in [-0.15, -0.1) is 0 Å². The largest absolute Gasteiger partial charge is 0.481 e. The first-order valence-electron chi connectivity index (χ1n) is 9.36. The van der Waals surface area contributed by atoms with Crippen molar-refractivity contribution >= 4 is 61.6 Å². The van der Waals surface area contributed by atoms with Crippen LogP contribution in [0.25, 0.3) is 10.9 Å². The van der Waals surface area contributed by atoms with E-state index < -0.39 is 11.4 Å². The van der Waals surface area contributed by atoms with Gasteiger partial charge in [0.05, 0.1) is 27.8 Å². The summed E-state index contributed by atoms with van der Waals surface area (Å²) in [5.74, 6) is 0.676. The number of carbonyl (C=O) groups excluding carboxylic acids is 1. The van der Waals surface area contributed by atoms with E-state index in [1.807, 2.05) is 39.0 Å². The lowest BCUT2D eigenvalue weighted by molar-refractivity contribution is -0.142. The highest BCUT2D eigenvalue weighted by atomic mass is 127. The number of nitrogens with zero attached hydrogens (tertiary/aromatic N) is 3. The summed E-state index contributed by atoms with van der Waals surface area (Å²) in [5, 5.41) is 4.95. The maximum atomic E-state index is 13.2.